The molecule has 0 aromatic carbocycles. The van der Waals surface area contributed by atoms with E-state index in [0.29, 0.717) is 11.6 Å². The first-order valence-corrected chi connectivity index (χ1v) is 6.84. The fourth-order valence-corrected chi connectivity index (χ4v) is 2.12. The van der Waals surface area contributed by atoms with E-state index in [1.165, 1.54) is 0 Å². The van der Waals surface area contributed by atoms with Crippen molar-refractivity contribution < 1.29 is 4.79 Å². The van der Waals surface area contributed by atoms with Crippen LogP contribution in [-0.2, 0) is 13.6 Å². The second-order valence-electron chi connectivity index (χ2n) is 4.68. The second-order valence-corrected chi connectivity index (χ2v) is 5.05. The number of aryl methyl sites for hydroxylation is 3. The van der Waals surface area contributed by atoms with Crippen molar-refractivity contribution in [1.29, 1.82) is 0 Å². The molecular weight excluding hydrogens is 278 g/mol. The summed E-state index contributed by atoms with van der Waals surface area (Å²) in [5.41, 5.74) is 2.17. The molecule has 0 radical (unpaired) electrons. The highest BCUT2D eigenvalue weighted by molar-refractivity contribution is 6.34. The van der Waals surface area contributed by atoms with Crippen molar-refractivity contribution in [3.63, 3.8) is 0 Å². The van der Waals surface area contributed by atoms with Crippen LogP contribution in [0.5, 0.6) is 0 Å². The average Bonchev–Trinajstić information content (AvgIpc) is 2.94. The lowest BCUT2D eigenvalue weighted by Gasteiger charge is -2.05. The Kier molecular flexibility index (Phi) is 4.44. The Bertz CT molecular complexity index is 616. The molecule has 0 aliphatic heterocycles. The Morgan fingerprint density at radius 1 is 1.45 bits per heavy atom. The fraction of sp³-hybridized carbons (Fsp3) is 0.462. The molecule has 0 spiro atoms. The van der Waals surface area contributed by atoms with Crippen LogP contribution in [-0.4, -0.2) is 32.0 Å². The lowest BCUT2D eigenvalue weighted by atomic mass is 10.3. The Morgan fingerprint density at radius 2 is 2.20 bits per heavy atom. The van der Waals surface area contributed by atoms with Crippen LogP contribution in [0.15, 0.2) is 12.3 Å². The van der Waals surface area contributed by atoms with E-state index >= 15 is 0 Å². The SMILES string of the molecule is Cc1c(Cl)c(C(=O)NCCCn2nccc2C)nn1C. The van der Waals surface area contributed by atoms with E-state index < -0.39 is 0 Å². The van der Waals surface area contributed by atoms with Gasteiger partial charge in [-0.2, -0.15) is 10.2 Å². The largest absolute Gasteiger partial charge is 0.351 e. The summed E-state index contributed by atoms with van der Waals surface area (Å²) < 4.78 is 3.51. The van der Waals surface area contributed by atoms with Crippen LogP contribution in [0, 0.1) is 13.8 Å². The first-order chi connectivity index (χ1) is 9.50. The van der Waals surface area contributed by atoms with Crippen molar-refractivity contribution >= 4 is 17.5 Å². The minimum atomic E-state index is -0.240. The molecule has 0 saturated carbocycles. The van der Waals surface area contributed by atoms with Gasteiger partial charge in [-0.1, -0.05) is 11.6 Å². The van der Waals surface area contributed by atoms with Gasteiger partial charge < -0.3 is 5.32 Å². The monoisotopic (exact) mass is 295 g/mol. The molecule has 7 heteroatoms. The van der Waals surface area contributed by atoms with E-state index in [1.807, 2.05) is 24.6 Å². The van der Waals surface area contributed by atoms with E-state index in [4.69, 9.17) is 11.6 Å². The highest BCUT2D eigenvalue weighted by Gasteiger charge is 2.17. The number of rotatable bonds is 5. The normalized spacial score (nSPS) is 10.8. The summed E-state index contributed by atoms with van der Waals surface area (Å²) in [7, 11) is 1.76. The number of hydrogen-bond donors (Lipinski definition) is 1. The number of aromatic nitrogens is 4. The molecule has 2 aromatic rings. The van der Waals surface area contributed by atoms with E-state index in [0.717, 1.165) is 24.4 Å². The zero-order valence-corrected chi connectivity index (χ0v) is 12.6. The van der Waals surface area contributed by atoms with Gasteiger partial charge in [0.2, 0.25) is 0 Å². The predicted octanol–water partition coefficient (Wildman–Crippen LogP) is 1.71. The summed E-state index contributed by atoms with van der Waals surface area (Å²) in [4.78, 5) is 12.0. The molecule has 0 bridgehead atoms. The molecule has 20 heavy (non-hydrogen) atoms. The average molecular weight is 296 g/mol. The number of amides is 1. The Hall–Kier alpha value is -1.82. The number of carbonyl (C=O) groups is 1. The zero-order valence-electron chi connectivity index (χ0n) is 11.9. The fourth-order valence-electron chi connectivity index (χ4n) is 1.87. The topological polar surface area (TPSA) is 64.7 Å². The van der Waals surface area contributed by atoms with Gasteiger partial charge in [0.05, 0.1) is 10.7 Å². The minimum Gasteiger partial charge on any atom is -0.351 e. The highest BCUT2D eigenvalue weighted by atomic mass is 35.5. The molecule has 2 aromatic heterocycles. The summed E-state index contributed by atoms with van der Waals surface area (Å²) in [5, 5.41) is 11.5. The van der Waals surface area contributed by atoms with Gasteiger partial charge in [0.25, 0.3) is 5.91 Å². The molecule has 2 heterocycles. The standard InChI is InChI=1S/C13H18ClN5O/c1-9-5-7-16-19(9)8-4-6-15-13(20)12-11(14)10(2)18(3)17-12/h5,7H,4,6,8H2,1-3H3,(H,15,20). The van der Waals surface area contributed by atoms with Crippen LogP contribution < -0.4 is 5.32 Å². The summed E-state index contributed by atoms with van der Waals surface area (Å²) in [5.74, 6) is -0.240. The maximum absolute atomic E-state index is 12.0. The third-order valence-electron chi connectivity index (χ3n) is 3.24. The minimum absolute atomic E-state index is 0.240. The molecule has 2 rings (SSSR count). The quantitative estimate of drug-likeness (QED) is 0.854. The van der Waals surface area contributed by atoms with Gasteiger partial charge in [0, 0.05) is 32.0 Å². The van der Waals surface area contributed by atoms with Crippen LogP contribution in [0.1, 0.15) is 28.3 Å². The van der Waals surface area contributed by atoms with Gasteiger partial charge in [-0.15, -0.1) is 0 Å². The first-order valence-electron chi connectivity index (χ1n) is 6.46. The third kappa shape index (κ3) is 3.01. The van der Waals surface area contributed by atoms with E-state index in [-0.39, 0.29) is 11.6 Å². The maximum Gasteiger partial charge on any atom is 0.273 e. The molecule has 108 valence electrons. The Labute approximate surface area is 122 Å². The van der Waals surface area contributed by atoms with Gasteiger partial charge in [0.15, 0.2) is 5.69 Å². The number of nitrogens with zero attached hydrogens (tertiary/aromatic N) is 4. The van der Waals surface area contributed by atoms with Gasteiger partial charge in [-0.05, 0) is 26.3 Å². The lowest BCUT2D eigenvalue weighted by Crippen LogP contribution is -2.26. The van der Waals surface area contributed by atoms with Gasteiger partial charge in [-0.3, -0.25) is 14.2 Å². The molecule has 0 aliphatic rings. The number of hydrogen-bond acceptors (Lipinski definition) is 3. The van der Waals surface area contributed by atoms with E-state index in [2.05, 4.69) is 15.5 Å². The molecule has 1 amide bonds. The van der Waals surface area contributed by atoms with Gasteiger partial charge in [-0.25, -0.2) is 0 Å². The molecule has 1 N–H and O–H groups in total. The van der Waals surface area contributed by atoms with Gasteiger partial charge in [0.1, 0.15) is 0 Å². The van der Waals surface area contributed by atoms with Crippen molar-refractivity contribution in [2.45, 2.75) is 26.8 Å². The third-order valence-corrected chi connectivity index (χ3v) is 3.69. The van der Waals surface area contributed by atoms with Crippen molar-refractivity contribution in [2.75, 3.05) is 6.54 Å². The van der Waals surface area contributed by atoms with E-state index in [1.54, 1.807) is 17.9 Å². The smallest absolute Gasteiger partial charge is 0.273 e. The molecule has 0 aliphatic carbocycles. The molecule has 6 nitrogen and oxygen atoms in total. The van der Waals surface area contributed by atoms with Crippen LogP contribution >= 0.6 is 11.6 Å². The van der Waals surface area contributed by atoms with Crippen LogP contribution in [0.2, 0.25) is 5.02 Å². The second kappa shape index (κ2) is 6.09. The summed E-state index contributed by atoms with van der Waals surface area (Å²) in [6.45, 7) is 5.16. The van der Waals surface area contributed by atoms with Crippen LogP contribution in [0.4, 0.5) is 0 Å². The predicted molar refractivity (Wildman–Crippen MR) is 76.9 cm³/mol. The van der Waals surface area contributed by atoms with Crippen molar-refractivity contribution in [3.8, 4) is 0 Å². The number of carbonyl (C=O) groups excluding carboxylic acids is 1. The molecule has 0 unspecified atom stereocenters. The molecule has 0 saturated heterocycles. The number of nitrogens with one attached hydrogen (secondary N) is 1. The van der Waals surface area contributed by atoms with Crippen molar-refractivity contribution in [2.24, 2.45) is 7.05 Å². The summed E-state index contributed by atoms with van der Waals surface area (Å²) >= 11 is 6.07. The molecule has 0 atom stereocenters. The Morgan fingerprint density at radius 3 is 2.75 bits per heavy atom. The van der Waals surface area contributed by atoms with E-state index in [9.17, 15) is 4.79 Å². The van der Waals surface area contributed by atoms with Crippen molar-refractivity contribution in [1.82, 2.24) is 24.9 Å². The summed E-state index contributed by atoms with van der Waals surface area (Å²) in [6.07, 6.45) is 2.57. The molecular formula is C13H18ClN5O. The zero-order chi connectivity index (χ0) is 14.7. The van der Waals surface area contributed by atoms with Crippen LogP contribution in [0.25, 0.3) is 0 Å². The Balaban J connectivity index is 1.83. The van der Waals surface area contributed by atoms with Crippen molar-refractivity contribution in [3.05, 3.63) is 34.4 Å². The first kappa shape index (κ1) is 14.6. The lowest BCUT2D eigenvalue weighted by molar-refractivity contribution is 0.0947. The molecule has 0 fully saturated rings. The van der Waals surface area contributed by atoms with Crippen LogP contribution in [0.3, 0.4) is 0 Å². The maximum atomic E-state index is 12.0. The van der Waals surface area contributed by atoms with Gasteiger partial charge >= 0.3 is 0 Å². The summed E-state index contributed by atoms with van der Waals surface area (Å²) in [6, 6.07) is 1.95. The highest BCUT2D eigenvalue weighted by Crippen LogP contribution is 2.18. The number of halogens is 1.